The van der Waals surface area contributed by atoms with Crippen LogP contribution in [0.5, 0.6) is 0 Å². The monoisotopic (exact) mass is 393 g/mol. The number of likely N-dealkylation sites (tertiary alicyclic amines) is 1. The standard InChI is InChI=1S/C21H23N5OS/c27-20(25-11-1-2-12-25)16-7-13-26(14-8-16)21-24-18-4-3-17(23-19(18)28-21)15-5-9-22-10-6-15/h3-6,9-10,16H,1-2,7-8,11-14H2. The molecule has 7 heteroatoms. The van der Waals surface area contributed by atoms with Crippen LogP contribution >= 0.6 is 11.3 Å². The number of rotatable bonds is 3. The highest BCUT2D eigenvalue weighted by atomic mass is 32.1. The van der Waals surface area contributed by atoms with E-state index in [4.69, 9.17) is 9.97 Å². The minimum atomic E-state index is 0.181. The van der Waals surface area contributed by atoms with Crippen molar-refractivity contribution in [2.24, 2.45) is 5.92 Å². The molecule has 0 radical (unpaired) electrons. The van der Waals surface area contributed by atoms with Gasteiger partial charge in [0.05, 0.1) is 5.69 Å². The fourth-order valence-electron chi connectivity index (χ4n) is 4.14. The zero-order valence-corrected chi connectivity index (χ0v) is 16.6. The minimum absolute atomic E-state index is 0.181. The van der Waals surface area contributed by atoms with Crippen molar-refractivity contribution in [1.29, 1.82) is 0 Å². The molecule has 1 amide bonds. The lowest BCUT2D eigenvalue weighted by Crippen LogP contribution is -2.41. The molecule has 0 saturated carbocycles. The van der Waals surface area contributed by atoms with Crippen molar-refractivity contribution < 1.29 is 4.79 Å². The summed E-state index contributed by atoms with van der Waals surface area (Å²) in [6, 6.07) is 8.00. The van der Waals surface area contributed by atoms with Crippen molar-refractivity contribution in [2.75, 3.05) is 31.1 Å². The van der Waals surface area contributed by atoms with Gasteiger partial charge in [0, 0.05) is 50.1 Å². The molecule has 3 aromatic rings. The van der Waals surface area contributed by atoms with Crippen molar-refractivity contribution in [3.05, 3.63) is 36.7 Å². The third kappa shape index (κ3) is 3.35. The number of carbonyl (C=O) groups excluding carboxylic acids is 1. The van der Waals surface area contributed by atoms with E-state index in [2.05, 4.69) is 14.8 Å². The molecule has 0 unspecified atom stereocenters. The predicted octanol–water partition coefficient (Wildman–Crippen LogP) is 3.59. The molecule has 2 aliphatic heterocycles. The maximum atomic E-state index is 12.6. The van der Waals surface area contributed by atoms with E-state index in [1.54, 1.807) is 23.7 Å². The molecule has 2 aliphatic rings. The van der Waals surface area contributed by atoms with Crippen molar-refractivity contribution >= 4 is 32.7 Å². The molecule has 0 atom stereocenters. The number of fused-ring (bicyclic) bond motifs is 1. The topological polar surface area (TPSA) is 62.2 Å². The van der Waals surface area contributed by atoms with Gasteiger partial charge in [-0.1, -0.05) is 11.3 Å². The van der Waals surface area contributed by atoms with Crippen molar-refractivity contribution in [2.45, 2.75) is 25.7 Å². The van der Waals surface area contributed by atoms with E-state index < -0.39 is 0 Å². The lowest BCUT2D eigenvalue weighted by atomic mass is 9.95. The Kier molecular flexibility index (Phi) is 4.68. The number of aromatic nitrogens is 3. The summed E-state index contributed by atoms with van der Waals surface area (Å²) in [4.78, 5) is 31.6. The molecule has 144 valence electrons. The van der Waals surface area contributed by atoms with E-state index >= 15 is 0 Å². The zero-order chi connectivity index (χ0) is 18.9. The Bertz CT molecular complexity index is 975. The van der Waals surface area contributed by atoms with Gasteiger partial charge in [0.2, 0.25) is 5.91 Å². The molecule has 5 heterocycles. The van der Waals surface area contributed by atoms with Crippen molar-refractivity contribution in [1.82, 2.24) is 19.9 Å². The second-order valence-corrected chi connectivity index (χ2v) is 8.50. The Morgan fingerprint density at radius 2 is 1.71 bits per heavy atom. The number of carbonyl (C=O) groups is 1. The Balaban J connectivity index is 1.30. The SMILES string of the molecule is O=C(C1CCN(c2nc3ccc(-c4ccncc4)nc3s2)CC1)N1CCCC1. The molecule has 6 nitrogen and oxygen atoms in total. The van der Waals surface area contributed by atoms with Gasteiger partial charge >= 0.3 is 0 Å². The number of piperidine rings is 1. The van der Waals surface area contributed by atoms with E-state index in [1.165, 1.54) is 0 Å². The third-order valence-corrected chi connectivity index (χ3v) is 6.78. The molecule has 2 fully saturated rings. The summed E-state index contributed by atoms with van der Waals surface area (Å²) in [6.45, 7) is 3.67. The molecule has 5 rings (SSSR count). The first-order valence-corrected chi connectivity index (χ1v) is 10.8. The molecule has 28 heavy (non-hydrogen) atoms. The van der Waals surface area contributed by atoms with Crippen molar-refractivity contribution in [3.63, 3.8) is 0 Å². The van der Waals surface area contributed by atoms with E-state index in [-0.39, 0.29) is 5.92 Å². The first-order valence-electron chi connectivity index (χ1n) is 10.00. The fourth-order valence-corrected chi connectivity index (χ4v) is 5.13. The third-order valence-electron chi connectivity index (χ3n) is 5.75. The van der Waals surface area contributed by atoms with Crippen molar-refractivity contribution in [3.8, 4) is 11.3 Å². The number of thiazole rings is 1. The van der Waals surface area contributed by atoms with Gasteiger partial charge in [0.1, 0.15) is 10.3 Å². The number of pyridine rings is 2. The van der Waals surface area contributed by atoms with Crippen LogP contribution in [0.4, 0.5) is 5.13 Å². The first-order chi connectivity index (χ1) is 13.8. The molecule has 0 spiro atoms. The maximum absolute atomic E-state index is 12.6. The summed E-state index contributed by atoms with van der Waals surface area (Å²) in [5, 5.41) is 1.02. The Hall–Kier alpha value is -2.54. The van der Waals surface area contributed by atoms with Crippen LogP contribution in [-0.4, -0.2) is 51.9 Å². The number of anilines is 1. The lowest BCUT2D eigenvalue weighted by molar-refractivity contribution is -0.135. The van der Waals surface area contributed by atoms with Gasteiger partial charge in [-0.15, -0.1) is 0 Å². The minimum Gasteiger partial charge on any atom is -0.348 e. The van der Waals surface area contributed by atoms with Crippen LogP contribution < -0.4 is 4.90 Å². The van der Waals surface area contributed by atoms with Crippen LogP contribution in [0.15, 0.2) is 36.7 Å². The van der Waals surface area contributed by atoms with Crippen LogP contribution in [0, 0.1) is 5.92 Å². The molecule has 0 N–H and O–H groups in total. The molecule has 0 aliphatic carbocycles. The van der Waals surface area contributed by atoms with Gasteiger partial charge in [-0.25, -0.2) is 9.97 Å². The largest absolute Gasteiger partial charge is 0.348 e. The Labute approximate surface area is 168 Å². The summed E-state index contributed by atoms with van der Waals surface area (Å²) in [7, 11) is 0. The van der Waals surface area contributed by atoms with Crippen LogP contribution in [0.25, 0.3) is 21.6 Å². The van der Waals surface area contributed by atoms with Gasteiger partial charge in [-0.05, 0) is 49.9 Å². The zero-order valence-electron chi connectivity index (χ0n) is 15.8. The summed E-state index contributed by atoms with van der Waals surface area (Å²) in [6.07, 6.45) is 7.72. The fraction of sp³-hybridized carbons (Fsp3) is 0.429. The van der Waals surface area contributed by atoms with Gasteiger partial charge in [-0.2, -0.15) is 0 Å². The molecule has 2 saturated heterocycles. The molecule has 3 aromatic heterocycles. The average Bonchev–Trinajstić information content (AvgIpc) is 3.43. The first kappa shape index (κ1) is 17.6. The molecular formula is C21H23N5OS. The Morgan fingerprint density at radius 3 is 2.46 bits per heavy atom. The smallest absolute Gasteiger partial charge is 0.225 e. The predicted molar refractivity (Wildman–Crippen MR) is 111 cm³/mol. The second kappa shape index (κ2) is 7.47. The van der Waals surface area contributed by atoms with Gasteiger partial charge in [-0.3, -0.25) is 9.78 Å². The molecule has 0 bridgehead atoms. The molecular weight excluding hydrogens is 370 g/mol. The normalized spacial score (nSPS) is 18.1. The second-order valence-electron chi connectivity index (χ2n) is 7.55. The van der Waals surface area contributed by atoms with E-state index in [1.807, 2.05) is 24.3 Å². The summed E-state index contributed by atoms with van der Waals surface area (Å²) in [5.41, 5.74) is 2.95. The van der Waals surface area contributed by atoms with Gasteiger partial charge in [0.25, 0.3) is 0 Å². The summed E-state index contributed by atoms with van der Waals surface area (Å²) >= 11 is 1.64. The summed E-state index contributed by atoms with van der Waals surface area (Å²) in [5.74, 6) is 0.547. The van der Waals surface area contributed by atoms with E-state index in [9.17, 15) is 4.79 Å². The van der Waals surface area contributed by atoms with Crippen LogP contribution in [0.2, 0.25) is 0 Å². The number of hydrogen-bond acceptors (Lipinski definition) is 6. The summed E-state index contributed by atoms with van der Waals surface area (Å²) < 4.78 is 0. The molecule has 0 aromatic carbocycles. The Morgan fingerprint density at radius 1 is 0.964 bits per heavy atom. The highest BCUT2D eigenvalue weighted by Crippen LogP contribution is 2.32. The average molecular weight is 394 g/mol. The lowest BCUT2D eigenvalue weighted by Gasteiger charge is -2.32. The highest BCUT2D eigenvalue weighted by Gasteiger charge is 2.30. The van der Waals surface area contributed by atoms with Gasteiger partial charge < -0.3 is 9.80 Å². The quantitative estimate of drug-likeness (QED) is 0.680. The number of amides is 1. The van der Waals surface area contributed by atoms with Crippen LogP contribution in [0.3, 0.4) is 0 Å². The number of hydrogen-bond donors (Lipinski definition) is 0. The maximum Gasteiger partial charge on any atom is 0.225 e. The van der Waals surface area contributed by atoms with E-state index in [0.717, 1.165) is 78.6 Å². The van der Waals surface area contributed by atoms with Crippen LogP contribution in [-0.2, 0) is 4.79 Å². The highest BCUT2D eigenvalue weighted by molar-refractivity contribution is 7.21. The van der Waals surface area contributed by atoms with Gasteiger partial charge in [0.15, 0.2) is 5.13 Å². The van der Waals surface area contributed by atoms with Crippen LogP contribution in [0.1, 0.15) is 25.7 Å². The van der Waals surface area contributed by atoms with E-state index in [0.29, 0.717) is 5.91 Å². The number of nitrogens with zero attached hydrogens (tertiary/aromatic N) is 5.